The Hall–Kier alpha value is -2.44. The molecule has 2 heterocycles. The molecule has 1 aromatic carbocycles. The lowest BCUT2D eigenvalue weighted by Gasteiger charge is -2.27. The van der Waals surface area contributed by atoms with Crippen LogP contribution in [0.15, 0.2) is 47.3 Å². The second kappa shape index (κ2) is 8.97. The molecule has 1 saturated heterocycles. The predicted molar refractivity (Wildman–Crippen MR) is 106 cm³/mol. The van der Waals surface area contributed by atoms with E-state index in [1.54, 1.807) is 6.07 Å². The van der Waals surface area contributed by atoms with Crippen molar-refractivity contribution in [3.05, 3.63) is 58.4 Å². The zero-order valence-electron chi connectivity index (χ0n) is 16.0. The number of pyridine rings is 1. The second-order valence-electron chi connectivity index (χ2n) is 7.20. The van der Waals surface area contributed by atoms with Crippen LogP contribution in [0.3, 0.4) is 0 Å². The molecule has 0 saturated carbocycles. The number of aromatic nitrogens is 1. The van der Waals surface area contributed by atoms with Crippen LogP contribution in [0.1, 0.15) is 23.2 Å². The van der Waals surface area contributed by atoms with Gasteiger partial charge in [0.25, 0.3) is 5.91 Å². The molecule has 2 aromatic rings. The van der Waals surface area contributed by atoms with Crippen molar-refractivity contribution in [1.82, 2.24) is 14.8 Å². The van der Waals surface area contributed by atoms with Crippen LogP contribution in [0, 0.1) is 0 Å². The normalized spacial score (nSPS) is 16.6. The third kappa shape index (κ3) is 5.28. The number of hydrogen-bond donors (Lipinski definition) is 1. The number of amides is 1. The summed E-state index contributed by atoms with van der Waals surface area (Å²) in [6, 6.07) is 12.4. The number of carbonyl (C=O) groups excluding carboxylic acids is 1. The maximum absolute atomic E-state index is 13.2. The highest BCUT2D eigenvalue weighted by atomic mass is 16.5. The van der Waals surface area contributed by atoms with Crippen LogP contribution in [0.4, 0.5) is 0 Å². The van der Waals surface area contributed by atoms with E-state index >= 15 is 0 Å². The Morgan fingerprint density at radius 3 is 2.70 bits per heavy atom. The van der Waals surface area contributed by atoms with E-state index in [0.717, 1.165) is 31.6 Å². The number of likely N-dealkylation sites (N-methyl/N-ethyl adjacent to an activating group) is 1. The van der Waals surface area contributed by atoms with Gasteiger partial charge in [0.1, 0.15) is 0 Å². The number of carbonyl (C=O) groups is 1. The van der Waals surface area contributed by atoms with Crippen LogP contribution in [-0.4, -0.2) is 67.1 Å². The van der Waals surface area contributed by atoms with E-state index in [1.807, 2.05) is 49.3 Å². The first kappa shape index (κ1) is 19.3. The molecule has 1 aliphatic heterocycles. The number of H-pyrrole nitrogens is 1. The van der Waals surface area contributed by atoms with E-state index in [4.69, 9.17) is 4.74 Å². The van der Waals surface area contributed by atoms with Crippen LogP contribution >= 0.6 is 0 Å². The summed E-state index contributed by atoms with van der Waals surface area (Å²) in [4.78, 5) is 31.5. The largest absolute Gasteiger partial charge is 0.376 e. The molecule has 0 radical (unpaired) electrons. The number of benzene rings is 1. The minimum absolute atomic E-state index is 0.00696. The van der Waals surface area contributed by atoms with Gasteiger partial charge in [-0.1, -0.05) is 18.2 Å². The number of ether oxygens (including phenoxy) is 1. The van der Waals surface area contributed by atoms with Crippen molar-refractivity contribution in [1.29, 1.82) is 0 Å². The van der Waals surface area contributed by atoms with E-state index in [-0.39, 0.29) is 17.6 Å². The Labute approximate surface area is 159 Å². The summed E-state index contributed by atoms with van der Waals surface area (Å²) in [6.45, 7) is 2.83. The quantitative estimate of drug-likeness (QED) is 0.813. The van der Waals surface area contributed by atoms with Crippen molar-refractivity contribution >= 4 is 5.91 Å². The number of nitrogens with one attached hydrogen (secondary N) is 1. The van der Waals surface area contributed by atoms with Crippen LogP contribution in [0.25, 0.3) is 11.3 Å². The molecule has 3 rings (SSSR count). The fraction of sp³-hybridized carbons (Fsp3) is 0.429. The highest BCUT2D eigenvalue weighted by Crippen LogP contribution is 2.19. The van der Waals surface area contributed by atoms with Gasteiger partial charge in [-0.25, -0.2) is 0 Å². The highest BCUT2D eigenvalue weighted by molar-refractivity contribution is 5.95. The first-order chi connectivity index (χ1) is 13.0. The van der Waals surface area contributed by atoms with Crippen molar-refractivity contribution in [3.63, 3.8) is 0 Å². The lowest BCUT2D eigenvalue weighted by atomic mass is 10.1. The molecule has 1 fully saturated rings. The third-order valence-electron chi connectivity index (χ3n) is 4.74. The lowest BCUT2D eigenvalue weighted by molar-refractivity contribution is 0.0512. The molecule has 1 atom stereocenters. The first-order valence-corrected chi connectivity index (χ1v) is 9.38. The Morgan fingerprint density at radius 1 is 1.19 bits per heavy atom. The van der Waals surface area contributed by atoms with E-state index in [0.29, 0.717) is 24.3 Å². The summed E-state index contributed by atoms with van der Waals surface area (Å²) < 4.78 is 5.74. The van der Waals surface area contributed by atoms with Gasteiger partial charge in [0.2, 0.25) is 5.56 Å². The van der Waals surface area contributed by atoms with Crippen LogP contribution in [0.2, 0.25) is 0 Å². The minimum Gasteiger partial charge on any atom is -0.376 e. The maximum atomic E-state index is 13.2. The standard InChI is InChI=1S/C21H27N3O3/c1-23(2)11-12-24(15-18-8-5-13-27-18)21(26)17-7-3-6-16(14-17)19-9-4-10-20(25)22-19/h3-4,6-7,9-10,14,18H,5,8,11-13,15H2,1-2H3,(H,22,25)/t18-/m1/s1. The van der Waals surface area contributed by atoms with Crippen molar-refractivity contribution in [2.45, 2.75) is 18.9 Å². The Kier molecular flexibility index (Phi) is 6.42. The molecule has 144 valence electrons. The molecule has 1 amide bonds. The van der Waals surface area contributed by atoms with E-state index in [1.165, 1.54) is 6.07 Å². The van der Waals surface area contributed by atoms with Gasteiger partial charge in [-0.3, -0.25) is 9.59 Å². The average Bonchev–Trinajstić information content (AvgIpc) is 3.18. The summed E-state index contributed by atoms with van der Waals surface area (Å²) in [5.41, 5.74) is 1.99. The fourth-order valence-corrected chi connectivity index (χ4v) is 3.25. The maximum Gasteiger partial charge on any atom is 0.254 e. The second-order valence-corrected chi connectivity index (χ2v) is 7.20. The average molecular weight is 369 g/mol. The summed E-state index contributed by atoms with van der Waals surface area (Å²) >= 11 is 0. The molecule has 1 aliphatic rings. The molecular formula is C21H27N3O3. The Bertz CT molecular complexity index is 825. The smallest absolute Gasteiger partial charge is 0.254 e. The zero-order valence-corrected chi connectivity index (χ0v) is 16.0. The predicted octanol–water partition coefficient (Wildman–Crippen LogP) is 2.22. The van der Waals surface area contributed by atoms with Crippen molar-refractivity contribution < 1.29 is 9.53 Å². The molecule has 6 nitrogen and oxygen atoms in total. The van der Waals surface area contributed by atoms with Crippen molar-refractivity contribution in [2.75, 3.05) is 40.3 Å². The molecule has 6 heteroatoms. The monoisotopic (exact) mass is 369 g/mol. The van der Waals surface area contributed by atoms with Gasteiger partial charge in [0.15, 0.2) is 0 Å². The van der Waals surface area contributed by atoms with Gasteiger partial charge in [0, 0.05) is 43.6 Å². The molecule has 1 N–H and O–H groups in total. The zero-order chi connectivity index (χ0) is 19.2. The summed E-state index contributed by atoms with van der Waals surface area (Å²) in [5, 5.41) is 0. The van der Waals surface area contributed by atoms with Gasteiger partial charge in [0.05, 0.1) is 6.10 Å². The van der Waals surface area contributed by atoms with Gasteiger partial charge < -0.3 is 19.5 Å². The number of rotatable bonds is 7. The van der Waals surface area contributed by atoms with Crippen LogP contribution in [0.5, 0.6) is 0 Å². The van der Waals surface area contributed by atoms with Gasteiger partial charge in [-0.15, -0.1) is 0 Å². The summed E-state index contributed by atoms with van der Waals surface area (Å²) in [5.74, 6) is -0.00696. The molecule has 1 aromatic heterocycles. The van der Waals surface area contributed by atoms with E-state index < -0.39 is 0 Å². The van der Waals surface area contributed by atoms with Crippen molar-refractivity contribution in [3.8, 4) is 11.3 Å². The molecule has 0 bridgehead atoms. The van der Waals surface area contributed by atoms with Gasteiger partial charge in [-0.2, -0.15) is 0 Å². The van der Waals surface area contributed by atoms with Crippen LogP contribution in [-0.2, 0) is 4.74 Å². The molecule has 0 unspecified atom stereocenters. The third-order valence-corrected chi connectivity index (χ3v) is 4.74. The Balaban J connectivity index is 1.81. The lowest BCUT2D eigenvalue weighted by Crippen LogP contribution is -2.41. The minimum atomic E-state index is -0.157. The fourth-order valence-electron chi connectivity index (χ4n) is 3.25. The number of aromatic amines is 1. The Morgan fingerprint density at radius 2 is 2.00 bits per heavy atom. The first-order valence-electron chi connectivity index (χ1n) is 9.38. The number of nitrogens with zero attached hydrogens (tertiary/aromatic N) is 2. The van der Waals surface area contributed by atoms with Gasteiger partial charge >= 0.3 is 0 Å². The van der Waals surface area contributed by atoms with E-state index in [2.05, 4.69) is 9.88 Å². The van der Waals surface area contributed by atoms with Crippen molar-refractivity contribution in [2.24, 2.45) is 0 Å². The van der Waals surface area contributed by atoms with E-state index in [9.17, 15) is 9.59 Å². The number of hydrogen-bond acceptors (Lipinski definition) is 4. The highest BCUT2D eigenvalue weighted by Gasteiger charge is 2.23. The molecule has 0 aliphatic carbocycles. The van der Waals surface area contributed by atoms with Crippen LogP contribution < -0.4 is 5.56 Å². The summed E-state index contributed by atoms with van der Waals surface area (Å²) in [7, 11) is 4.00. The molecule has 27 heavy (non-hydrogen) atoms. The molecule has 0 spiro atoms. The van der Waals surface area contributed by atoms with Gasteiger partial charge in [-0.05, 0) is 50.7 Å². The summed E-state index contributed by atoms with van der Waals surface area (Å²) in [6.07, 6.45) is 2.17. The topological polar surface area (TPSA) is 65.6 Å². The molecular weight excluding hydrogens is 342 g/mol. The SMILES string of the molecule is CN(C)CCN(C[C@H]1CCCO1)C(=O)c1cccc(-c2cccc(=O)[nH]2)c1.